The molecule has 0 spiro atoms. The van der Waals surface area contributed by atoms with Crippen LogP contribution in [0.4, 0.5) is 10.1 Å². The molecule has 0 heterocycles. The molecule has 0 bridgehead atoms. The number of nitrogens with one attached hydrogen (secondary N) is 1. The highest BCUT2D eigenvalue weighted by Gasteiger charge is 2.37. The average Bonchev–Trinajstić information content (AvgIpc) is 2.72. The average molecular weight is 257 g/mol. The van der Waals surface area contributed by atoms with Gasteiger partial charge in [-0.1, -0.05) is 24.4 Å². The summed E-state index contributed by atoms with van der Waals surface area (Å²) in [5.41, 5.74) is 5.19. The fraction of sp³-hybridized carbons (Fsp3) is 0.417. The first kappa shape index (κ1) is 12.3. The second-order valence-electron chi connectivity index (χ2n) is 4.44. The number of carbonyl (C=O) groups excluding carboxylic acids is 1. The van der Waals surface area contributed by atoms with Crippen molar-refractivity contribution in [3.05, 3.63) is 29.0 Å². The number of hydrogen-bond acceptors (Lipinski definition) is 2. The summed E-state index contributed by atoms with van der Waals surface area (Å²) in [7, 11) is 0. The normalized spacial score (nSPS) is 18.1. The van der Waals surface area contributed by atoms with E-state index in [9.17, 15) is 9.18 Å². The third-order valence-corrected chi connectivity index (χ3v) is 3.36. The van der Waals surface area contributed by atoms with Crippen LogP contribution in [0.2, 0.25) is 5.02 Å². The Morgan fingerprint density at radius 1 is 1.41 bits per heavy atom. The summed E-state index contributed by atoms with van der Waals surface area (Å²) in [6, 6.07) is 4.03. The van der Waals surface area contributed by atoms with Gasteiger partial charge in [-0.05, 0) is 31.0 Å². The number of benzene rings is 1. The van der Waals surface area contributed by atoms with Crippen LogP contribution in [0.1, 0.15) is 25.7 Å². The molecule has 1 aliphatic carbocycles. The van der Waals surface area contributed by atoms with Crippen molar-refractivity contribution in [3.63, 3.8) is 0 Å². The lowest BCUT2D eigenvalue weighted by molar-refractivity contribution is -0.121. The van der Waals surface area contributed by atoms with E-state index in [1.54, 1.807) is 0 Å². The summed E-state index contributed by atoms with van der Waals surface area (Å²) >= 11 is 5.75. The Morgan fingerprint density at radius 2 is 2.06 bits per heavy atom. The number of halogens is 2. The summed E-state index contributed by atoms with van der Waals surface area (Å²) in [6.45, 7) is 0. The molecular formula is C12H14ClFN2O. The summed E-state index contributed by atoms with van der Waals surface area (Å²) in [6.07, 6.45) is 3.14. The fourth-order valence-electron chi connectivity index (χ4n) is 2.07. The highest BCUT2D eigenvalue weighted by Crippen LogP contribution is 2.29. The minimum absolute atomic E-state index is 0.0826. The van der Waals surface area contributed by atoms with E-state index in [0.29, 0.717) is 17.9 Å². The molecule has 0 unspecified atom stereocenters. The quantitative estimate of drug-likeness (QED) is 0.855. The van der Waals surface area contributed by atoms with E-state index >= 15 is 0 Å². The van der Waals surface area contributed by atoms with Crippen molar-refractivity contribution in [1.29, 1.82) is 0 Å². The molecule has 3 N–H and O–H groups in total. The number of anilines is 1. The second kappa shape index (κ2) is 4.63. The molecule has 1 aromatic rings. The third kappa shape index (κ3) is 2.58. The van der Waals surface area contributed by atoms with Crippen molar-refractivity contribution in [2.45, 2.75) is 31.2 Å². The van der Waals surface area contributed by atoms with Gasteiger partial charge in [0.15, 0.2) is 0 Å². The number of nitrogens with two attached hydrogens (primary N) is 1. The Bertz CT molecular complexity index is 444. The Hall–Kier alpha value is -1.13. The van der Waals surface area contributed by atoms with Crippen LogP contribution in [0.5, 0.6) is 0 Å². The largest absolute Gasteiger partial charge is 0.322 e. The zero-order valence-corrected chi connectivity index (χ0v) is 10.1. The van der Waals surface area contributed by atoms with Gasteiger partial charge in [-0.15, -0.1) is 0 Å². The molecule has 0 saturated heterocycles. The fourth-order valence-corrected chi connectivity index (χ4v) is 2.25. The molecule has 1 aliphatic rings. The van der Waals surface area contributed by atoms with Crippen molar-refractivity contribution in [3.8, 4) is 0 Å². The summed E-state index contributed by atoms with van der Waals surface area (Å²) in [4.78, 5) is 12.0. The molecule has 1 saturated carbocycles. The molecule has 1 fully saturated rings. The molecule has 17 heavy (non-hydrogen) atoms. The smallest absolute Gasteiger partial charge is 0.244 e. The predicted octanol–water partition coefficient (Wildman–Crippen LogP) is 2.69. The van der Waals surface area contributed by atoms with E-state index in [4.69, 9.17) is 17.3 Å². The van der Waals surface area contributed by atoms with Gasteiger partial charge < -0.3 is 11.1 Å². The van der Waals surface area contributed by atoms with E-state index < -0.39 is 11.4 Å². The Balaban J connectivity index is 2.15. The maximum Gasteiger partial charge on any atom is 0.244 e. The molecule has 92 valence electrons. The summed E-state index contributed by atoms with van der Waals surface area (Å²) < 4.78 is 13.4. The molecule has 0 radical (unpaired) electrons. The van der Waals surface area contributed by atoms with Crippen molar-refractivity contribution in [2.24, 2.45) is 5.73 Å². The molecule has 0 aromatic heterocycles. The lowest BCUT2D eigenvalue weighted by Gasteiger charge is -2.22. The zero-order valence-electron chi connectivity index (χ0n) is 9.30. The molecule has 2 rings (SSSR count). The van der Waals surface area contributed by atoms with E-state index in [0.717, 1.165) is 12.8 Å². The number of carbonyl (C=O) groups is 1. The van der Waals surface area contributed by atoms with Gasteiger partial charge in [0.05, 0.1) is 11.2 Å². The van der Waals surface area contributed by atoms with Crippen LogP contribution in [-0.4, -0.2) is 11.4 Å². The van der Waals surface area contributed by atoms with Crippen molar-refractivity contribution >= 4 is 23.2 Å². The first-order valence-corrected chi connectivity index (χ1v) is 5.94. The lowest BCUT2D eigenvalue weighted by Crippen LogP contribution is -2.48. The maximum absolute atomic E-state index is 13.4. The van der Waals surface area contributed by atoms with Gasteiger partial charge in [0.2, 0.25) is 5.91 Å². The van der Waals surface area contributed by atoms with Crippen LogP contribution in [0.3, 0.4) is 0 Å². The van der Waals surface area contributed by atoms with Gasteiger partial charge >= 0.3 is 0 Å². The Kier molecular flexibility index (Phi) is 3.35. The van der Waals surface area contributed by atoms with Gasteiger partial charge in [0.25, 0.3) is 0 Å². The van der Waals surface area contributed by atoms with Crippen LogP contribution in [-0.2, 0) is 4.79 Å². The number of hydrogen-bond donors (Lipinski definition) is 2. The van der Waals surface area contributed by atoms with Gasteiger partial charge in [-0.25, -0.2) is 4.39 Å². The number of amides is 1. The standard InChI is InChI=1S/C12H14ClFN2O/c13-8-3-4-9(14)10(7-8)16-11(17)12(15)5-1-2-6-12/h3-4,7H,1-2,5-6,15H2,(H,16,17). The van der Waals surface area contributed by atoms with E-state index in [1.807, 2.05) is 0 Å². The SMILES string of the molecule is NC1(C(=O)Nc2cc(Cl)ccc2F)CCCC1. The highest BCUT2D eigenvalue weighted by molar-refractivity contribution is 6.30. The Morgan fingerprint density at radius 3 is 2.71 bits per heavy atom. The Labute approximate surface area is 104 Å². The van der Waals surface area contributed by atoms with Crippen molar-refractivity contribution in [2.75, 3.05) is 5.32 Å². The molecule has 0 aliphatic heterocycles. The van der Waals surface area contributed by atoms with Crippen LogP contribution in [0.25, 0.3) is 0 Å². The molecule has 0 atom stereocenters. The van der Waals surface area contributed by atoms with Gasteiger partial charge in [-0.2, -0.15) is 0 Å². The topological polar surface area (TPSA) is 55.1 Å². The monoisotopic (exact) mass is 256 g/mol. The number of rotatable bonds is 2. The summed E-state index contributed by atoms with van der Waals surface area (Å²) in [5, 5.41) is 2.88. The van der Waals surface area contributed by atoms with Gasteiger partial charge in [-0.3, -0.25) is 4.79 Å². The lowest BCUT2D eigenvalue weighted by atomic mass is 9.98. The second-order valence-corrected chi connectivity index (χ2v) is 4.88. The molecule has 1 amide bonds. The molecular weight excluding hydrogens is 243 g/mol. The van der Waals surface area contributed by atoms with Crippen LogP contribution in [0.15, 0.2) is 18.2 Å². The van der Waals surface area contributed by atoms with Crippen molar-refractivity contribution in [1.82, 2.24) is 0 Å². The predicted molar refractivity (Wildman–Crippen MR) is 65.4 cm³/mol. The van der Waals surface area contributed by atoms with E-state index in [2.05, 4.69) is 5.32 Å². The van der Waals surface area contributed by atoms with E-state index in [-0.39, 0.29) is 11.6 Å². The minimum Gasteiger partial charge on any atom is -0.322 e. The molecule has 1 aromatic carbocycles. The first-order chi connectivity index (χ1) is 8.01. The van der Waals surface area contributed by atoms with Crippen LogP contribution < -0.4 is 11.1 Å². The van der Waals surface area contributed by atoms with Crippen molar-refractivity contribution < 1.29 is 9.18 Å². The molecule has 5 heteroatoms. The van der Waals surface area contributed by atoms with Crippen LogP contribution in [0, 0.1) is 5.82 Å². The summed E-state index contributed by atoms with van der Waals surface area (Å²) in [5.74, 6) is -0.847. The minimum atomic E-state index is -0.866. The third-order valence-electron chi connectivity index (χ3n) is 3.12. The van der Waals surface area contributed by atoms with Gasteiger partial charge in [0.1, 0.15) is 5.82 Å². The highest BCUT2D eigenvalue weighted by atomic mass is 35.5. The van der Waals surface area contributed by atoms with Crippen LogP contribution >= 0.6 is 11.6 Å². The zero-order chi connectivity index (χ0) is 12.5. The van der Waals surface area contributed by atoms with E-state index in [1.165, 1.54) is 18.2 Å². The van der Waals surface area contributed by atoms with Gasteiger partial charge in [0, 0.05) is 5.02 Å². The molecule has 3 nitrogen and oxygen atoms in total. The first-order valence-electron chi connectivity index (χ1n) is 5.57. The maximum atomic E-state index is 13.4.